The van der Waals surface area contributed by atoms with E-state index in [1.807, 2.05) is 19.1 Å². The summed E-state index contributed by atoms with van der Waals surface area (Å²) >= 11 is 0. The number of aliphatic hydroxyl groups is 1. The smallest absolute Gasteiger partial charge is 0.274 e. The van der Waals surface area contributed by atoms with Crippen LogP contribution in [0.25, 0.3) is 17.0 Å². The predicted molar refractivity (Wildman–Crippen MR) is 115 cm³/mol. The number of anilines is 1. The van der Waals surface area contributed by atoms with Crippen molar-refractivity contribution in [1.82, 2.24) is 19.5 Å². The van der Waals surface area contributed by atoms with E-state index in [1.54, 1.807) is 42.6 Å². The summed E-state index contributed by atoms with van der Waals surface area (Å²) in [7, 11) is 0. The van der Waals surface area contributed by atoms with E-state index in [0.29, 0.717) is 46.3 Å². The van der Waals surface area contributed by atoms with Crippen LogP contribution in [0.5, 0.6) is 0 Å². The SMILES string of the molecule is Cc1ccc(-c2noc([C@H]3C[C@@H]3F)n2)cc1NC(=O)c1cnc2ccc(C(C)(C)O)cn12. The van der Waals surface area contributed by atoms with Gasteiger partial charge in [0, 0.05) is 17.4 Å². The van der Waals surface area contributed by atoms with Crippen molar-refractivity contribution in [2.75, 3.05) is 5.32 Å². The third kappa shape index (κ3) is 3.64. The van der Waals surface area contributed by atoms with Crippen molar-refractivity contribution in [3.63, 3.8) is 0 Å². The summed E-state index contributed by atoms with van der Waals surface area (Å²) in [6.45, 7) is 5.24. The van der Waals surface area contributed by atoms with Crippen LogP contribution in [0.3, 0.4) is 0 Å². The molecule has 3 heterocycles. The minimum Gasteiger partial charge on any atom is -0.386 e. The van der Waals surface area contributed by atoms with Gasteiger partial charge in [0.15, 0.2) is 0 Å². The molecule has 1 aliphatic carbocycles. The number of alkyl halides is 1. The average Bonchev–Trinajstić information content (AvgIpc) is 3.15. The van der Waals surface area contributed by atoms with Crippen LogP contribution in [0.2, 0.25) is 0 Å². The zero-order chi connectivity index (χ0) is 22.6. The second-order valence-corrected chi connectivity index (χ2v) is 8.65. The molecule has 0 aliphatic heterocycles. The molecule has 0 bridgehead atoms. The molecule has 1 aliphatic rings. The number of carbonyl (C=O) groups is 1. The molecule has 9 heteroatoms. The lowest BCUT2D eigenvalue weighted by molar-refractivity contribution is 0.0780. The second-order valence-electron chi connectivity index (χ2n) is 8.65. The van der Waals surface area contributed by atoms with E-state index in [-0.39, 0.29) is 11.8 Å². The largest absolute Gasteiger partial charge is 0.386 e. The van der Waals surface area contributed by atoms with Crippen LogP contribution in [0, 0.1) is 6.92 Å². The van der Waals surface area contributed by atoms with E-state index in [4.69, 9.17) is 4.52 Å². The highest BCUT2D eigenvalue weighted by Crippen LogP contribution is 2.43. The van der Waals surface area contributed by atoms with E-state index in [0.717, 1.165) is 5.56 Å². The Morgan fingerprint density at radius 2 is 2.09 bits per heavy atom. The summed E-state index contributed by atoms with van der Waals surface area (Å²) in [6, 6.07) is 8.96. The quantitative estimate of drug-likeness (QED) is 0.491. The molecule has 1 fully saturated rings. The topological polar surface area (TPSA) is 106 Å². The molecule has 2 atom stereocenters. The van der Waals surface area contributed by atoms with Gasteiger partial charge in [0.25, 0.3) is 5.91 Å². The zero-order valence-corrected chi connectivity index (χ0v) is 17.8. The predicted octanol–water partition coefficient (Wildman–Crippen LogP) is 4.00. The Labute approximate surface area is 183 Å². The zero-order valence-electron chi connectivity index (χ0n) is 17.8. The number of carbonyl (C=O) groups excluding carboxylic acids is 1. The van der Waals surface area contributed by atoms with Crippen LogP contribution in [0.4, 0.5) is 10.1 Å². The number of hydrogen-bond donors (Lipinski definition) is 2. The molecule has 3 aromatic heterocycles. The van der Waals surface area contributed by atoms with Gasteiger partial charge in [-0.1, -0.05) is 23.4 Å². The van der Waals surface area contributed by atoms with Gasteiger partial charge in [0.2, 0.25) is 11.7 Å². The van der Waals surface area contributed by atoms with E-state index in [1.165, 1.54) is 6.20 Å². The van der Waals surface area contributed by atoms with Gasteiger partial charge >= 0.3 is 0 Å². The van der Waals surface area contributed by atoms with Crippen LogP contribution in [-0.2, 0) is 5.60 Å². The molecule has 1 aromatic carbocycles. The fourth-order valence-electron chi connectivity index (χ4n) is 3.52. The summed E-state index contributed by atoms with van der Waals surface area (Å²) in [5, 5.41) is 17.2. The molecular formula is C23H22FN5O3. The van der Waals surface area contributed by atoms with Gasteiger partial charge < -0.3 is 14.9 Å². The fraction of sp³-hybridized carbons (Fsp3) is 0.304. The number of benzene rings is 1. The third-order valence-electron chi connectivity index (χ3n) is 5.66. The molecule has 2 N–H and O–H groups in total. The Balaban J connectivity index is 1.43. The van der Waals surface area contributed by atoms with Gasteiger partial charge in [-0.05, 0) is 50.5 Å². The maximum absolute atomic E-state index is 13.3. The van der Waals surface area contributed by atoms with Crippen molar-refractivity contribution in [2.45, 2.75) is 44.9 Å². The molecule has 164 valence electrons. The average molecular weight is 435 g/mol. The number of imidazole rings is 1. The maximum Gasteiger partial charge on any atom is 0.274 e. The van der Waals surface area contributed by atoms with Crippen LogP contribution >= 0.6 is 0 Å². The van der Waals surface area contributed by atoms with Crippen LogP contribution in [-0.4, -0.2) is 36.7 Å². The number of hydrogen-bond acceptors (Lipinski definition) is 6. The number of nitrogens with zero attached hydrogens (tertiary/aromatic N) is 4. The number of fused-ring (bicyclic) bond motifs is 1. The van der Waals surface area contributed by atoms with Crippen molar-refractivity contribution >= 4 is 17.2 Å². The number of pyridine rings is 1. The number of halogens is 1. The molecule has 1 saturated carbocycles. The molecule has 0 unspecified atom stereocenters. The Hall–Kier alpha value is -3.59. The first-order chi connectivity index (χ1) is 15.2. The van der Waals surface area contributed by atoms with E-state index in [9.17, 15) is 14.3 Å². The lowest BCUT2D eigenvalue weighted by Crippen LogP contribution is -2.18. The van der Waals surface area contributed by atoms with Crippen LogP contribution < -0.4 is 5.32 Å². The van der Waals surface area contributed by atoms with Gasteiger partial charge in [-0.15, -0.1) is 0 Å². The third-order valence-corrected chi connectivity index (χ3v) is 5.66. The van der Waals surface area contributed by atoms with Gasteiger partial charge in [-0.25, -0.2) is 9.37 Å². The lowest BCUT2D eigenvalue weighted by atomic mass is 10.0. The molecule has 1 amide bonds. The van der Waals surface area contributed by atoms with Crippen molar-refractivity contribution in [2.24, 2.45) is 0 Å². The first-order valence-corrected chi connectivity index (χ1v) is 10.3. The summed E-state index contributed by atoms with van der Waals surface area (Å²) in [6.07, 6.45) is 2.69. The molecule has 4 aromatic rings. The summed E-state index contributed by atoms with van der Waals surface area (Å²) in [5.41, 5.74) is 2.63. The van der Waals surface area contributed by atoms with E-state index >= 15 is 0 Å². The van der Waals surface area contributed by atoms with Crippen molar-refractivity contribution in [3.05, 3.63) is 65.4 Å². The number of aromatic nitrogens is 4. The number of amides is 1. The molecule has 0 spiro atoms. The highest BCUT2D eigenvalue weighted by molar-refractivity contribution is 6.04. The van der Waals surface area contributed by atoms with Crippen molar-refractivity contribution < 1.29 is 18.8 Å². The monoisotopic (exact) mass is 435 g/mol. The normalized spacial score (nSPS) is 18.2. The Kier molecular flexibility index (Phi) is 4.59. The molecular weight excluding hydrogens is 413 g/mol. The summed E-state index contributed by atoms with van der Waals surface area (Å²) in [5.74, 6) is -0.0197. The molecule has 8 nitrogen and oxygen atoms in total. The summed E-state index contributed by atoms with van der Waals surface area (Å²) < 4.78 is 20.1. The minimum atomic E-state index is -1.05. The Morgan fingerprint density at radius 3 is 2.81 bits per heavy atom. The van der Waals surface area contributed by atoms with Crippen LogP contribution in [0.1, 0.15) is 53.7 Å². The van der Waals surface area contributed by atoms with Gasteiger partial charge in [0.1, 0.15) is 17.5 Å². The number of aryl methyl sites for hydroxylation is 1. The first kappa shape index (κ1) is 20.3. The van der Waals surface area contributed by atoms with Crippen molar-refractivity contribution in [3.8, 4) is 11.4 Å². The molecule has 0 saturated heterocycles. The van der Waals surface area contributed by atoms with Gasteiger partial charge in [0.05, 0.1) is 17.7 Å². The van der Waals surface area contributed by atoms with E-state index < -0.39 is 11.8 Å². The van der Waals surface area contributed by atoms with E-state index in [2.05, 4.69) is 20.4 Å². The van der Waals surface area contributed by atoms with Gasteiger partial charge in [-0.2, -0.15) is 4.98 Å². The molecule has 5 rings (SSSR count). The highest BCUT2D eigenvalue weighted by atomic mass is 19.1. The lowest BCUT2D eigenvalue weighted by Gasteiger charge is -2.18. The fourth-order valence-corrected chi connectivity index (χ4v) is 3.52. The Morgan fingerprint density at radius 1 is 1.31 bits per heavy atom. The maximum atomic E-state index is 13.3. The number of nitrogens with one attached hydrogen (secondary N) is 1. The molecule has 32 heavy (non-hydrogen) atoms. The highest BCUT2D eigenvalue weighted by Gasteiger charge is 2.43. The first-order valence-electron chi connectivity index (χ1n) is 10.3. The second kappa shape index (κ2) is 7.23. The summed E-state index contributed by atoms with van der Waals surface area (Å²) in [4.78, 5) is 21.6. The van der Waals surface area contributed by atoms with Gasteiger partial charge in [-0.3, -0.25) is 9.20 Å². The van der Waals surface area contributed by atoms with Crippen LogP contribution in [0.15, 0.2) is 47.2 Å². The van der Waals surface area contributed by atoms with Crippen molar-refractivity contribution in [1.29, 1.82) is 0 Å². The minimum absolute atomic E-state index is 0.298. The standard InChI is InChI=1S/C23H22FN5O3/c1-12-4-5-13(20-27-22(32-28-20)15-9-16(15)24)8-17(12)26-21(30)18-10-25-19-7-6-14(11-29(18)19)23(2,3)31/h4-8,10-11,15-16,31H,9H2,1-3H3,(H,26,30)/t15-,16-/m0/s1. The molecule has 0 radical (unpaired) electrons. The number of rotatable bonds is 5. The Bertz CT molecular complexity index is 1340.